The lowest BCUT2D eigenvalue weighted by molar-refractivity contribution is 0.140. The zero-order valence-corrected chi connectivity index (χ0v) is 22.0. The molecule has 9 heteroatoms. The SMILES string of the molecule is CC(C)(C)Cc1ccc2c(c1)[C@@H](NC[C@@H](O)[C@H](Cc1cc(F)cc(F)c1)Nc1ccnc(Cl)n1)CCO2. The molecule has 198 valence electrons. The highest BCUT2D eigenvalue weighted by molar-refractivity contribution is 6.28. The number of aliphatic hydroxyl groups is 1. The van der Waals surface area contributed by atoms with Gasteiger partial charge in [-0.25, -0.2) is 18.7 Å². The Morgan fingerprint density at radius 2 is 1.86 bits per heavy atom. The first-order valence-electron chi connectivity index (χ1n) is 12.4. The van der Waals surface area contributed by atoms with Crippen LogP contribution in [0.2, 0.25) is 5.28 Å². The van der Waals surface area contributed by atoms with Gasteiger partial charge in [-0.15, -0.1) is 0 Å². The number of anilines is 1. The maximum absolute atomic E-state index is 13.8. The molecule has 1 aromatic heterocycles. The van der Waals surface area contributed by atoms with Gasteiger partial charge in [0.1, 0.15) is 23.2 Å². The number of aliphatic hydroxyl groups excluding tert-OH is 1. The van der Waals surface area contributed by atoms with E-state index in [9.17, 15) is 13.9 Å². The summed E-state index contributed by atoms with van der Waals surface area (Å²) in [6, 6.07) is 10.7. The predicted molar refractivity (Wildman–Crippen MR) is 141 cm³/mol. The van der Waals surface area contributed by atoms with E-state index in [4.69, 9.17) is 16.3 Å². The number of ether oxygens (including phenoxy) is 1. The van der Waals surface area contributed by atoms with Crippen molar-refractivity contribution in [3.8, 4) is 5.75 Å². The Balaban J connectivity index is 1.50. The van der Waals surface area contributed by atoms with E-state index in [0.717, 1.165) is 30.2 Å². The number of halogens is 3. The Labute approximate surface area is 221 Å². The van der Waals surface area contributed by atoms with Crippen LogP contribution in [0.25, 0.3) is 0 Å². The number of aromatic nitrogens is 2. The second-order valence-electron chi connectivity index (χ2n) is 10.7. The van der Waals surface area contributed by atoms with Gasteiger partial charge in [-0.1, -0.05) is 32.9 Å². The van der Waals surface area contributed by atoms with Crippen LogP contribution < -0.4 is 15.4 Å². The molecule has 0 saturated carbocycles. The Bertz CT molecular complexity index is 1200. The molecule has 0 bridgehead atoms. The highest BCUT2D eigenvalue weighted by Crippen LogP contribution is 2.34. The summed E-state index contributed by atoms with van der Waals surface area (Å²) in [6.45, 7) is 7.43. The normalized spacial score (nSPS) is 17.0. The van der Waals surface area contributed by atoms with E-state index >= 15 is 0 Å². The van der Waals surface area contributed by atoms with Crippen LogP contribution in [0, 0.1) is 17.0 Å². The van der Waals surface area contributed by atoms with Crippen molar-refractivity contribution in [2.45, 2.75) is 58.2 Å². The molecule has 3 atom stereocenters. The molecule has 0 radical (unpaired) electrons. The molecule has 0 fully saturated rings. The van der Waals surface area contributed by atoms with Crippen LogP contribution in [-0.4, -0.2) is 40.4 Å². The van der Waals surface area contributed by atoms with E-state index in [-0.39, 0.29) is 29.7 Å². The maximum atomic E-state index is 13.8. The number of fused-ring (bicyclic) bond motifs is 1. The highest BCUT2D eigenvalue weighted by Gasteiger charge is 2.26. The minimum absolute atomic E-state index is 0.000854. The van der Waals surface area contributed by atoms with Crippen molar-refractivity contribution in [2.75, 3.05) is 18.5 Å². The summed E-state index contributed by atoms with van der Waals surface area (Å²) in [5.41, 5.74) is 2.87. The van der Waals surface area contributed by atoms with Crippen LogP contribution in [0.15, 0.2) is 48.7 Å². The molecule has 3 aromatic rings. The molecule has 37 heavy (non-hydrogen) atoms. The zero-order valence-electron chi connectivity index (χ0n) is 21.3. The van der Waals surface area contributed by atoms with E-state index in [2.05, 4.69) is 53.5 Å². The van der Waals surface area contributed by atoms with Gasteiger partial charge in [-0.3, -0.25) is 0 Å². The summed E-state index contributed by atoms with van der Waals surface area (Å²) < 4.78 is 33.6. The van der Waals surface area contributed by atoms with Gasteiger partial charge in [-0.05, 0) is 65.2 Å². The summed E-state index contributed by atoms with van der Waals surface area (Å²) in [5.74, 6) is -0.0896. The maximum Gasteiger partial charge on any atom is 0.224 e. The molecule has 0 aliphatic carbocycles. The lowest BCUT2D eigenvalue weighted by atomic mass is 9.86. The van der Waals surface area contributed by atoms with E-state index < -0.39 is 23.8 Å². The first kappa shape index (κ1) is 27.2. The quantitative estimate of drug-likeness (QED) is 0.317. The molecule has 0 spiro atoms. The summed E-state index contributed by atoms with van der Waals surface area (Å²) >= 11 is 5.92. The first-order valence-corrected chi connectivity index (χ1v) is 12.8. The second kappa shape index (κ2) is 11.7. The Morgan fingerprint density at radius 1 is 1.11 bits per heavy atom. The van der Waals surface area contributed by atoms with Crippen molar-refractivity contribution in [3.05, 3.63) is 82.3 Å². The van der Waals surface area contributed by atoms with Crippen molar-refractivity contribution in [3.63, 3.8) is 0 Å². The minimum Gasteiger partial charge on any atom is -0.493 e. The lowest BCUT2D eigenvalue weighted by Crippen LogP contribution is -2.44. The summed E-state index contributed by atoms with van der Waals surface area (Å²) in [6.07, 6.45) is 2.44. The molecule has 4 rings (SSSR count). The van der Waals surface area contributed by atoms with Crippen LogP contribution in [0.4, 0.5) is 14.6 Å². The van der Waals surface area contributed by atoms with Crippen LogP contribution in [0.5, 0.6) is 5.75 Å². The van der Waals surface area contributed by atoms with Crippen molar-refractivity contribution < 1.29 is 18.6 Å². The molecule has 3 N–H and O–H groups in total. The molecule has 0 saturated heterocycles. The van der Waals surface area contributed by atoms with E-state index in [0.29, 0.717) is 18.0 Å². The standard InChI is InChI=1S/C28H33ClF2N4O2/c1-28(2,3)15-17-4-5-25-21(12-17)22(7-9-37-25)33-16-24(36)23(34-26-6-8-32-27(29)35-26)13-18-10-19(30)14-20(31)11-18/h4-6,8,10-12,14,22-24,33,36H,7,9,13,15-16H2,1-3H3,(H,32,34,35)/t22-,23-,24+/m0/s1. The number of nitrogens with zero attached hydrogens (tertiary/aromatic N) is 2. The van der Waals surface area contributed by atoms with Crippen molar-refractivity contribution in [2.24, 2.45) is 5.41 Å². The number of hydrogen-bond donors (Lipinski definition) is 3. The Kier molecular flexibility index (Phi) is 8.62. The second-order valence-corrected chi connectivity index (χ2v) is 11.1. The van der Waals surface area contributed by atoms with Crippen LogP contribution >= 0.6 is 11.6 Å². The summed E-state index contributed by atoms with van der Waals surface area (Å²) in [7, 11) is 0. The van der Waals surface area contributed by atoms with Gasteiger partial charge >= 0.3 is 0 Å². The monoisotopic (exact) mass is 530 g/mol. The van der Waals surface area contributed by atoms with E-state index in [1.54, 1.807) is 6.07 Å². The number of hydrogen-bond acceptors (Lipinski definition) is 6. The van der Waals surface area contributed by atoms with Gasteiger partial charge in [0.2, 0.25) is 5.28 Å². The van der Waals surface area contributed by atoms with Gasteiger partial charge in [0, 0.05) is 36.8 Å². The fourth-order valence-corrected chi connectivity index (χ4v) is 4.80. The van der Waals surface area contributed by atoms with E-state index in [1.165, 1.54) is 23.9 Å². The fourth-order valence-electron chi connectivity index (χ4n) is 4.65. The third-order valence-corrected chi connectivity index (χ3v) is 6.41. The van der Waals surface area contributed by atoms with E-state index in [1.807, 2.05) is 6.07 Å². The molecule has 1 aliphatic rings. The lowest BCUT2D eigenvalue weighted by Gasteiger charge is -2.31. The topological polar surface area (TPSA) is 79.3 Å². The average Bonchev–Trinajstić information content (AvgIpc) is 2.80. The van der Waals surface area contributed by atoms with Crippen molar-refractivity contribution in [1.29, 1.82) is 0 Å². The molecular weight excluding hydrogens is 498 g/mol. The number of benzene rings is 2. The molecule has 2 aromatic carbocycles. The van der Waals surface area contributed by atoms with Crippen LogP contribution in [-0.2, 0) is 12.8 Å². The number of rotatable bonds is 9. The average molecular weight is 531 g/mol. The number of nitrogens with one attached hydrogen (secondary N) is 2. The van der Waals surface area contributed by atoms with Gasteiger partial charge < -0.3 is 20.5 Å². The Morgan fingerprint density at radius 3 is 2.57 bits per heavy atom. The third kappa shape index (κ3) is 7.84. The van der Waals surface area contributed by atoms with Gasteiger partial charge in [0.25, 0.3) is 0 Å². The Hall–Kier alpha value is -2.81. The van der Waals surface area contributed by atoms with Gasteiger partial charge in [0.05, 0.1) is 18.8 Å². The largest absolute Gasteiger partial charge is 0.493 e. The van der Waals surface area contributed by atoms with Crippen LogP contribution in [0.3, 0.4) is 0 Å². The molecule has 2 heterocycles. The minimum atomic E-state index is -0.913. The fraction of sp³-hybridized carbons (Fsp3) is 0.429. The predicted octanol–water partition coefficient (Wildman–Crippen LogP) is 5.49. The molecule has 1 aliphatic heterocycles. The highest BCUT2D eigenvalue weighted by atomic mass is 35.5. The molecule has 0 unspecified atom stereocenters. The smallest absolute Gasteiger partial charge is 0.224 e. The molecule has 6 nitrogen and oxygen atoms in total. The van der Waals surface area contributed by atoms with Crippen LogP contribution in [0.1, 0.15) is 49.9 Å². The summed E-state index contributed by atoms with van der Waals surface area (Å²) in [5, 5.41) is 17.9. The zero-order chi connectivity index (χ0) is 26.6. The van der Waals surface area contributed by atoms with Crippen molar-refractivity contribution >= 4 is 17.4 Å². The van der Waals surface area contributed by atoms with Gasteiger partial charge in [-0.2, -0.15) is 0 Å². The first-order chi connectivity index (χ1) is 17.6. The molecular formula is C28H33ClF2N4O2. The molecule has 0 amide bonds. The summed E-state index contributed by atoms with van der Waals surface area (Å²) in [4.78, 5) is 8.01. The van der Waals surface area contributed by atoms with Gasteiger partial charge in [0.15, 0.2) is 0 Å². The third-order valence-electron chi connectivity index (χ3n) is 6.22. The van der Waals surface area contributed by atoms with Crippen molar-refractivity contribution in [1.82, 2.24) is 15.3 Å².